The first-order valence-electron chi connectivity index (χ1n) is 10.9. The van der Waals surface area contributed by atoms with Gasteiger partial charge in [-0.05, 0) is 30.9 Å². The highest BCUT2D eigenvalue weighted by Crippen LogP contribution is 2.34. The van der Waals surface area contributed by atoms with E-state index in [2.05, 4.69) is 4.98 Å². The molecule has 0 saturated carbocycles. The molecule has 7 nitrogen and oxygen atoms in total. The van der Waals surface area contributed by atoms with Gasteiger partial charge in [0.15, 0.2) is 12.0 Å². The maximum atomic E-state index is 12.9. The molecule has 0 bridgehead atoms. The first-order valence-corrected chi connectivity index (χ1v) is 10.9. The van der Waals surface area contributed by atoms with Crippen LogP contribution in [0.25, 0.3) is 0 Å². The molecule has 2 atom stereocenters. The van der Waals surface area contributed by atoms with Gasteiger partial charge < -0.3 is 23.9 Å². The molecule has 1 fully saturated rings. The second kappa shape index (κ2) is 11.0. The van der Waals surface area contributed by atoms with Crippen LogP contribution in [0.2, 0.25) is 0 Å². The van der Waals surface area contributed by atoms with E-state index in [0.29, 0.717) is 18.8 Å². The van der Waals surface area contributed by atoms with Gasteiger partial charge in [-0.15, -0.1) is 0 Å². The molecule has 0 spiro atoms. The fourth-order valence-electron chi connectivity index (χ4n) is 3.82. The summed E-state index contributed by atoms with van der Waals surface area (Å²) in [5, 5.41) is 9.67. The highest BCUT2D eigenvalue weighted by molar-refractivity contribution is 5.36. The monoisotopic (exact) mass is 436 g/mol. The lowest BCUT2D eigenvalue weighted by Crippen LogP contribution is -2.28. The van der Waals surface area contributed by atoms with Gasteiger partial charge in [0.25, 0.3) is 0 Å². The zero-order valence-corrected chi connectivity index (χ0v) is 17.9. The van der Waals surface area contributed by atoms with Crippen molar-refractivity contribution in [1.29, 1.82) is 0 Å². The van der Waals surface area contributed by atoms with Gasteiger partial charge in [0.2, 0.25) is 5.43 Å². The fourth-order valence-corrected chi connectivity index (χ4v) is 3.82. The van der Waals surface area contributed by atoms with Gasteiger partial charge in [-0.1, -0.05) is 36.4 Å². The smallest absolute Gasteiger partial charge is 0.223 e. The molecule has 1 saturated heterocycles. The summed E-state index contributed by atoms with van der Waals surface area (Å²) >= 11 is 0. The van der Waals surface area contributed by atoms with Crippen LogP contribution in [0.4, 0.5) is 0 Å². The minimum absolute atomic E-state index is 0.0896. The average molecular weight is 437 g/mol. The lowest BCUT2D eigenvalue weighted by molar-refractivity contribution is -0.183. The lowest BCUT2D eigenvalue weighted by Gasteiger charge is -2.30. The summed E-state index contributed by atoms with van der Waals surface area (Å²) in [5.41, 5.74) is 2.03. The number of nitrogens with zero attached hydrogens (tertiary/aromatic N) is 2. The molecule has 2 aromatic heterocycles. The zero-order valence-electron chi connectivity index (χ0n) is 17.9. The molecule has 4 rings (SSSR count). The van der Waals surface area contributed by atoms with Crippen molar-refractivity contribution < 1.29 is 19.3 Å². The van der Waals surface area contributed by atoms with Crippen LogP contribution < -0.4 is 10.2 Å². The van der Waals surface area contributed by atoms with E-state index in [1.54, 1.807) is 18.6 Å². The number of aliphatic hydroxyl groups excluding tert-OH is 1. The van der Waals surface area contributed by atoms with Gasteiger partial charge in [-0.3, -0.25) is 9.78 Å². The van der Waals surface area contributed by atoms with E-state index in [1.807, 2.05) is 47.0 Å². The second-order valence-electron chi connectivity index (χ2n) is 7.68. The Kier molecular flexibility index (Phi) is 7.66. The van der Waals surface area contributed by atoms with Gasteiger partial charge in [-0.2, -0.15) is 0 Å². The first-order chi connectivity index (χ1) is 15.8. The van der Waals surface area contributed by atoms with Crippen LogP contribution in [0, 0.1) is 0 Å². The Morgan fingerprint density at radius 1 is 1.16 bits per heavy atom. The molecule has 1 aliphatic heterocycles. The molecule has 3 heterocycles. The average Bonchev–Trinajstić information content (AvgIpc) is 2.85. The third kappa shape index (κ3) is 5.43. The number of benzene rings is 1. The van der Waals surface area contributed by atoms with E-state index >= 15 is 0 Å². The van der Waals surface area contributed by atoms with Crippen molar-refractivity contribution in [3.8, 4) is 5.75 Å². The van der Waals surface area contributed by atoms with Gasteiger partial charge >= 0.3 is 0 Å². The number of hydrogen-bond acceptors (Lipinski definition) is 6. The Morgan fingerprint density at radius 2 is 2.03 bits per heavy atom. The van der Waals surface area contributed by atoms with E-state index in [0.717, 1.165) is 30.4 Å². The molecule has 0 amide bonds. The first kappa shape index (κ1) is 22.2. The summed E-state index contributed by atoms with van der Waals surface area (Å²) < 4.78 is 20.1. The van der Waals surface area contributed by atoms with Crippen LogP contribution in [0.3, 0.4) is 0 Å². The normalized spacial score (nSPS) is 17.1. The number of aromatic nitrogens is 2. The molecule has 168 valence electrons. The predicted octanol–water partition coefficient (Wildman–Crippen LogP) is 3.45. The fraction of sp³-hybridized carbons (Fsp3) is 0.360. The van der Waals surface area contributed by atoms with E-state index in [9.17, 15) is 9.90 Å². The minimum Gasteiger partial charge on any atom is -0.483 e. The Morgan fingerprint density at radius 3 is 2.75 bits per heavy atom. The summed E-state index contributed by atoms with van der Waals surface area (Å²) in [6.07, 6.45) is 6.83. The maximum Gasteiger partial charge on any atom is 0.223 e. The molecule has 0 radical (unpaired) electrons. The molecule has 1 N–H and O–H groups in total. The van der Waals surface area contributed by atoms with Crippen molar-refractivity contribution in [2.45, 2.75) is 44.8 Å². The van der Waals surface area contributed by atoms with Crippen molar-refractivity contribution in [3.05, 3.63) is 94.2 Å². The Hall–Kier alpha value is -3.00. The van der Waals surface area contributed by atoms with E-state index in [4.69, 9.17) is 14.2 Å². The van der Waals surface area contributed by atoms with E-state index in [1.165, 1.54) is 6.07 Å². The number of pyridine rings is 2. The van der Waals surface area contributed by atoms with Gasteiger partial charge in [0, 0.05) is 43.4 Å². The molecule has 0 aliphatic carbocycles. The molecule has 7 heteroatoms. The van der Waals surface area contributed by atoms with Crippen molar-refractivity contribution in [2.75, 3.05) is 13.2 Å². The van der Waals surface area contributed by atoms with Crippen LogP contribution >= 0.6 is 0 Å². The maximum absolute atomic E-state index is 12.9. The summed E-state index contributed by atoms with van der Waals surface area (Å²) in [4.78, 5) is 17.2. The number of rotatable bonds is 9. The Bertz CT molecular complexity index is 1030. The number of aliphatic hydroxyl groups is 1. The van der Waals surface area contributed by atoms with Crippen molar-refractivity contribution in [2.24, 2.45) is 0 Å². The number of hydrogen-bond donors (Lipinski definition) is 1. The molecular weight excluding hydrogens is 408 g/mol. The largest absolute Gasteiger partial charge is 0.483 e. The third-order valence-corrected chi connectivity index (χ3v) is 5.40. The summed E-state index contributed by atoms with van der Waals surface area (Å²) in [5.74, 6) is 0.203. The molecule has 2 unspecified atom stereocenters. The topological polar surface area (TPSA) is 82.8 Å². The van der Waals surface area contributed by atoms with Crippen molar-refractivity contribution in [3.63, 3.8) is 0 Å². The summed E-state index contributed by atoms with van der Waals surface area (Å²) in [7, 11) is 0. The van der Waals surface area contributed by atoms with Crippen LogP contribution in [0.1, 0.15) is 42.2 Å². The number of ether oxygens (including phenoxy) is 3. The zero-order chi connectivity index (χ0) is 22.2. The highest BCUT2D eigenvalue weighted by atomic mass is 16.7. The van der Waals surface area contributed by atoms with Crippen LogP contribution in [0.5, 0.6) is 5.75 Å². The van der Waals surface area contributed by atoms with Crippen LogP contribution in [-0.4, -0.2) is 34.2 Å². The van der Waals surface area contributed by atoms with Gasteiger partial charge in [0.1, 0.15) is 12.7 Å². The molecular formula is C25H28N2O5. The quantitative estimate of drug-likeness (QED) is 0.553. The van der Waals surface area contributed by atoms with Gasteiger partial charge in [-0.25, -0.2) is 0 Å². The van der Waals surface area contributed by atoms with Crippen LogP contribution in [-0.2, 0) is 22.6 Å². The van der Waals surface area contributed by atoms with E-state index in [-0.39, 0.29) is 24.4 Å². The van der Waals surface area contributed by atoms with Crippen molar-refractivity contribution >= 4 is 0 Å². The van der Waals surface area contributed by atoms with Gasteiger partial charge in [0.05, 0.1) is 12.3 Å². The third-order valence-electron chi connectivity index (χ3n) is 5.40. The highest BCUT2D eigenvalue weighted by Gasteiger charge is 2.29. The molecule has 32 heavy (non-hydrogen) atoms. The Labute approximate surface area is 187 Å². The summed E-state index contributed by atoms with van der Waals surface area (Å²) in [6.45, 7) is 1.09. The second-order valence-corrected chi connectivity index (χ2v) is 7.68. The molecule has 1 aromatic carbocycles. The van der Waals surface area contributed by atoms with E-state index < -0.39 is 12.4 Å². The molecule has 3 aromatic rings. The standard InChI is InChI=1S/C25H28N2O5/c28-15-14-27-13-11-21(29)25(31-18-19-7-2-1-3-8-19)23(27)24(20-9-6-12-26-17-20)32-22-10-4-5-16-30-22/h1-3,6-9,11-13,17,22,24,28H,4-5,10,14-16,18H2. The predicted molar refractivity (Wildman–Crippen MR) is 119 cm³/mol. The SMILES string of the molecule is O=c1ccn(CCO)c(C(OC2CCCCO2)c2cccnc2)c1OCc1ccccc1. The van der Waals surface area contributed by atoms with Crippen molar-refractivity contribution in [1.82, 2.24) is 9.55 Å². The van der Waals surface area contributed by atoms with Crippen LogP contribution in [0.15, 0.2) is 71.9 Å². The lowest BCUT2D eigenvalue weighted by atomic mass is 10.1. The summed E-state index contributed by atoms with van der Waals surface area (Å²) in [6, 6.07) is 14.9. The minimum atomic E-state index is -0.641. The Balaban J connectivity index is 1.76. The molecule has 1 aliphatic rings.